The van der Waals surface area contributed by atoms with Gasteiger partial charge in [-0.15, -0.1) is 11.3 Å². The Bertz CT molecular complexity index is 423. The molecule has 0 spiro atoms. The van der Waals surface area contributed by atoms with Gasteiger partial charge < -0.3 is 15.3 Å². The summed E-state index contributed by atoms with van der Waals surface area (Å²) in [4.78, 5) is 14.9. The monoisotopic (exact) mass is 268 g/mol. The minimum atomic E-state index is -0.834. The van der Waals surface area contributed by atoms with Crippen LogP contribution in [0.4, 0.5) is 5.69 Å². The Morgan fingerprint density at radius 3 is 2.83 bits per heavy atom. The number of piperidine rings is 1. The van der Waals surface area contributed by atoms with Gasteiger partial charge in [0.25, 0.3) is 0 Å². The van der Waals surface area contributed by atoms with E-state index >= 15 is 0 Å². The van der Waals surface area contributed by atoms with Crippen molar-refractivity contribution in [1.82, 2.24) is 4.90 Å². The van der Waals surface area contributed by atoms with Crippen LogP contribution in [0.3, 0.4) is 0 Å². The van der Waals surface area contributed by atoms with Gasteiger partial charge in [-0.05, 0) is 51.9 Å². The molecule has 18 heavy (non-hydrogen) atoms. The molecule has 0 aliphatic carbocycles. The largest absolute Gasteiger partial charge is 0.477 e. The van der Waals surface area contributed by atoms with Crippen molar-refractivity contribution in [2.24, 2.45) is 5.92 Å². The van der Waals surface area contributed by atoms with E-state index in [0.29, 0.717) is 10.8 Å². The first-order valence-electron chi connectivity index (χ1n) is 6.32. The van der Waals surface area contributed by atoms with E-state index in [0.717, 1.165) is 30.2 Å². The predicted molar refractivity (Wildman–Crippen MR) is 74.7 cm³/mol. The fourth-order valence-electron chi connectivity index (χ4n) is 2.32. The highest BCUT2D eigenvalue weighted by Gasteiger charge is 2.18. The van der Waals surface area contributed by atoms with Crippen LogP contribution in [-0.4, -0.2) is 42.7 Å². The van der Waals surface area contributed by atoms with Crippen LogP contribution >= 0.6 is 11.3 Å². The van der Waals surface area contributed by atoms with Gasteiger partial charge in [0, 0.05) is 11.4 Å². The molecule has 2 heterocycles. The van der Waals surface area contributed by atoms with Crippen LogP contribution in [0, 0.1) is 12.8 Å². The molecular formula is C13H20N2O2S. The van der Waals surface area contributed by atoms with E-state index in [4.69, 9.17) is 5.11 Å². The number of carboxylic acids is 1. The summed E-state index contributed by atoms with van der Waals surface area (Å²) in [5.41, 5.74) is 0.781. The third-order valence-corrected chi connectivity index (χ3v) is 4.51. The van der Waals surface area contributed by atoms with Crippen molar-refractivity contribution in [2.75, 3.05) is 32.0 Å². The van der Waals surface area contributed by atoms with Gasteiger partial charge in [-0.2, -0.15) is 0 Å². The Morgan fingerprint density at radius 2 is 2.22 bits per heavy atom. The fourth-order valence-corrected chi connectivity index (χ4v) is 3.15. The molecule has 1 aliphatic rings. The first kappa shape index (κ1) is 13.4. The van der Waals surface area contributed by atoms with Crippen molar-refractivity contribution in [3.63, 3.8) is 0 Å². The van der Waals surface area contributed by atoms with Crippen molar-refractivity contribution in [2.45, 2.75) is 19.8 Å². The Morgan fingerprint density at radius 1 is 1.56 bits per heavy atom. The minimum Gasteiger partial charge on any atom is -0.477 e. The van der Waals surface area contributed by atoms with Crippen LogP contribution < -0.4 is 5.32 Å². The summed E-state index contributed by atoms with van der Waals surface area (Å²) in [7, 11) is 2.15. The zero-order valence-electron chi connectivity index (χ0n) is 10.9. The average Bonchev–Trinajstić information content (AvgIpc) is 2.70. The van der Waals surface area contributed by atoms with Crippen molar-refractivity contribution in [3.05, 3.63) is 15.8 Å². The van der Waals surface area contributed by atoms with Crippen molar-refractivity contribution >= 4 is 23.0 Å². The SMILES string of the molecule is Cc1cc(NCC2CCN(C)CC2)c(C(=O)O)s1. The molecule has 2 rings (SSSR count). The smallest absolute Gasteiger partial charge is 0.348 e. The summed E-state index contributed by atoms with van der Waals surface area (Å²) < 4.78 is 0. The van der Waals surface area contributed by atoms with Gasteiger partial charge in [0.1, 0.15) is 4.88 Å². The molecule has 0 unspecified atom stereocenters. The van der Waals surface area contributed by atoms with Gasteiger partial charge >= 0.3 is 5.97 Å². The van der Waals surface area contributed by atoms with Gasteiger partial charge in [-0.1, -0.05) is 0 Å². The van der Waals surface area contributed by atoms with Gasteiger partial charge in [-0.25, -0.2) is 4.79 Å². The standard InChI is InChI=1S/C13H20N2O2S/c1-9-7-11(12(18-9)13(16)17)14-8-10-3-5-15(2)6-4-10/h7,10,14H,3-6,8H2,1-2H3,(H,16,17). The van der Waals surface area contributed by atoms with Crippen molar-refractivity contribution in [3.8, 4) is 0 Å². The highest BCUT2D eigenvalue weighted by molar-refractivity contribution is 7.14. The number of nitrogens with one attached hydrogen (secondary N) is 1. The third-order valence-electron chi connectivity index (χ3n) is 3.47. The summed E-state index contributed by atoms with van der Waals surface area (Å²) in [6, 6.07) is 1.93. The molecule has 100 valence electrons. The topological polar surface area (TPSA) is 52.6 Å². The molecule has 4 nitrogen and oxygen atoms in total. The fraction of sp³-hybridized carbons (Fsp3) is 0.615. The second kappa shape index (κ2) is 5.71. The molecule has 0 bridgehead atoms. The highest BCUT2D eigenvalue weighted by Crippen LogP contribution is 2.27. The first-order chi connectivity index (χ1) is 8.56. The second-order valence-electron chi connectivity index (χ2n) is 5.03. The summed E-state index contributed by atoms with van der Waals surface area (Å²) in [5.74, 6) is -0.179. The molecule has 0 saturated carbocycles. The maximum Gasteiger partial charge on any atom is 0.348 e. The molecule has 1 saturated heterocycles. The van der Waals surface area contributed by atoms with Crippen LogP contribution in [0.2, 0.25) is 0 Å². The predicted octanol–water partition coefficient (Wildman–Crippen LogP) is 2.51. The third kappa shape index (κ3) is 3.23. The molecular weight excluding hydrogens is 248 g/mol. The van der Waals surface area contributed by atoms with E-state index in [2.05, 4.69) is 17.3 Å². The first-order valence-corrected chi connectivity index (χ1v) is 7.14. The molecule has 0 radical (unpaired) electrons. The van der Waals surface area contributed by atoms with Gasteiger partial charge in [-0.3, -0.25) is 0 Å². The number of anilines is 1. The van der Waals surface area contributed by atoms with E-state index in [9.17, 15) is 4.79 Å². The molecule has 0 aromatic carbocycles. The van der Waals surface area contributed by atoms with E-state index in [1.165, 1.54) is 24.2 Å². The van der Waals surface area contributed by atoms with Crippen LogP contribution in [0.25, 0.3) is 0 Å². The zero-order valence-corrected chi connectivity index (χ0v) is 11.7. The quantitative estimate of drug-likeness (QED) is 0.881. The lowest BCUT2D eigenvalue weighted by Gasteiger charge is -2.29. The lowest BCUT2D eigenvalue weighted by atomic mass is 9.97. The van der Waals surface area contributed by atoms with Crippen LogP contribution in [0.5, 0.6) is 0 Å². The Kier molecular flexibility index (Phi) is 4.24. The summed E-state index contributed by atoms with van der Waals surface area (Å²) in [5, 5.41) is 12.4. The zero-order chi connectivity index (χ0) is 13.1. The van der Waals surface area contributed by atoms with Crippen LogP contribution in [0.1, 0.15) is 27.4 Å². The number of carboxylic acid groups (broad SMARTS) is 1. The van der Waals surface area contributed by atoms with Crippen LogP contribution in [0.15, 0.2) is 6.07 Å². The molecule has 1 aliphatic heterocycles. The van der Waals surface area contributed by atoms with Gasteiger partial charge in [0.05, 0.1) is 5.69 Å². The number of nitrogens with zero attached hydrogens (tertiary/aromatic N) is 1. The number of rotatable bonds is 4. The van der Waals surface area contributed by atoms with Crippen molar-refractivity contribution in [1.29, 1.82) is 0 Å². The van der Waals surface area contributed by atoms with E-state index < -0.39 is 5.97 Å². The molecule has 5 heteroatoms. The normalized spacial score (nSPS) is 17.9. The molecule has 2 N–H and O–H groups in total. The highest BCUT2D eigenvalue weighted by atomic mass is 32.1. The Hall–Kier alpha value is -1.07. The molecule has 0 amide bonds. The van der Waals surface area contributed by atoms with E-state index in [1.807, 2.05) is 13.0 Å². The summed E-state index contributed by atoms with van der Waals surface area (Å²) in [6.45, 7) is 5.10. The van der Waals surface area contributed by atoms with Gasteiger partial charge in [0.2, 0.25) is 0 Å². The number of aromatic carboxylic acids is 1. The molecule has 1 aromatic heterocycles. The summed E-state index contributed by atoms with van der Waals surface area (Å²) in [6.07, 6.45) is 2.38. The number of hydrogen-bond donors (Lipinski definition) is 2. The molecule has 0 atom stereocenters. The van der Waals surface area contributed by atoms with Gasteiger partial charge in [0.15, 0.2) is 0 Å². The maximum absolute atomic E-state index is 11.1. The molecule has 1 aromatic rings. The average molecular weight is 268 g/mol. The van der Waals surface area contributed by atoms with E-state index in [1.54, 1.807) is 0 Å². The minimum absolute atomic E-state index is 0.431. The van der Waals surface area contributed by atoms with E-state index in [-0.39, 0.29) is 0 Å². The molecule has 1 fully saturated rings. The number of hydrogen-bond acceptors (Lipinski definition) is 4. The van der Waals surface area contributed by atoms with Crippen molar-refractivity contribution < 1.29 is 9.90 Å². The Balaban J connectivity index is 1.92. The number of carbonyl (C=O) groups is 1. The van der Waals surface area contributed by atoms with Crippen LogP contribution in [-0.2, 0) is 0 Å². The number of aryl methyl sites for hydroxylation is 1. The maximum atomic E-state index is 11.1. The number of thiophene rings is 1. The second-order valence-corrected chi connectivity index (χ2v) is 6.29. The lowest BCUT2D eigenvalue weighted by Crippen LogP contribution is -2.33. The lowest BCUT2D eigenvalue weighted by molar-refractivity contribution is 0.0703. The summed E-state index contributed by atoms with van der Waals surface area (Å²) >= 11 is 1.34. The number of likely N-dealkylation sites (tertiary alicyclic amines) is 1. The Labute approximate surface area is 112 Å².